The lowest BCUT2D eigenvalue weighted by Gasteiger charge is -1.97. The zero-order valence-corrected chi connectivity index (χ0v) is 7.15. The van der Waals surface area contributed by atoms with Crippen molar-refractivity contribution in [2.45, 2.75) is 20.0 Å². The molecule has 5 nitrogen and oxygen atoms in total. The minimum atomic E-state index is -1.18. The van der Waals surface area contributed by atoms with Gasteiger partial charge in [0.25, 0.3) is 0 Å². The standard InChI is InChI=1S/C4H8O3.C3H6O2/c1-3(6)4(7)2-5;1-3(5)2-4/h4-5,7H,2H2,1H3;4H,2H2,1H3. The van der Waals surface area contributed by atoms with Crippen LogP contribution in [0.15, 0.2) is 0 Å². The van der Waals surface area contributed by atoms with Gasteiger partial charge in [0, 0.05) is 0 Å². The number of hydrogen-bond donors (Lipinski definition) is 3. The van der Waals surface area contributed by atoms with E-state index in [9.17, 15) is 9.59 Å². The quantitative estimate of drug-likeness (QED) is 0.488. The number of aliphatic hydroxyl groups excluding tert-OH is 3. The van der Waals surface area contributed by atoms with Gasteiger partial charge in [0.2, 0.25) is 0 Å². The molecule has 0 aromatic carbocycles. The zero-order valence-electron chi connectivity index (χ0n) is 7.15. The summed E-state index contributed by atoms with van der Waals surface area (Å²) in [5.74, 6) is -0.590. The van der Waals surface area contributed by atoms with Crippen LogP contribution in [0, 0.1) is 0 Å². The molecule has 0 spiro atoms. The van der Waals surface area contributed by atoms with Crippen molar-refractivity contribution in [3.05, 3.63) is 0 Å². The Morgan fingerprint density at radius 1 is 1.25 bits per heavy atom. The molecule has 0 saturated heterocycles. The summed E-state index contributed by atoms with van der Waals surface area (Å²) in [6.45, 7) is 1.75. The van der Waals surface area contributed by atoms with Crippen molar-refractivity contribution in [1.82, 2.24) is 0 Å². The molecule has 0 heterocycles. The van der Waals surface area contributed by atoms with Gasteiger partial charge in [-0.1, -0.05) is 0 Å². The van der Waals surface area contributed by atoms with Gasteiger partial charge in [-0.3, -0.25) is 9.59 Å². The van der Waals surface area contributed by atoms with Crippen LogP contribution in [-0.4, -0.2) is 46.2 Å². The van der Waals surface area contributed by atoms with E-state index in [4.69, 9.17) is 15.3 Å². The van der Waals surface area contributed by atoms with Crippen molar-refractivity contribution in [2.75, 3.05) is 13.2 Å². The Bertz CT molecular complexity index is 143. The fourth-order valence-corrected chi connectivity index (χ4v) is 0.129. The number of aliphatic hydroxyl groups is 3. The van der Waals surface area contributed by atoms with E-state index in [0.29, 0.717) is 0 Å². The summed E-state index contributed by atoms with van der Waals surface area (Å²) in [5.41, 5.74) is 0. The summed E-state index contributed by atoms with van der Waals surface area (Å²) in [7, 11) is 0. The summed E-state index contributed by atoms with van der Waals surface area (Å²) in [6.07, 6.45) is -1.18. The van der Waals surface area contributed by atoms with E-state index in [2.05, 4.69) is 0 Å². The number of carbonyl (C=O) groups excluding carboxylic acids is 2. The van der Waals surface area contributed by atoms with E-state index in [-0.39, 0.29) is 12.4 Å². The molecule has 0 bridgehead atoms. The maximum Gasteiger partial charge on any atom is 0.160 e. The maximum absolute atomic E-state index is 9.96. The average molecular weight is 178 g/mol. The van der Waals surface area contributed by atoms with Gasteiger partial charge in [0.05, 0.1) is 6.61 Å². The lowest BCUT2D eigenvalue weighted by Crippen LogP contribution is -2.20. The van der Waals surface area contributed by atoms with Crippen molar-refractivity contribution in [3.8, 4) is 0 Å². The topological polar surface area (TPSA) is 94.8 Å². The predicted octanol–water partition coefficient (Wildman–Crippen LogP) is -1.50. The minimum Gasteiger partial charge on any atom is -0.393 e. The van der Waals surface area contributed by atoms with Gasteiger partial charge in [-0.25, -0.2) is 0 Å². The Balaban J connectivity index is 0. The highest BCUT2D eigenvalue weighted by Crippen LogP contribution is 1.79. The molecule has 12 heavy (non-hydrogen) atoms. The first-order valence-corrected chi connectivity index (χ1v) is 3.35. The molecule has 0 aliphatic heterocycles. The Hall–Kier alpha value is -0.780. The Kier molecular flexibility index (Phi) is 9.56. The lowest BCUT2D eigenvalue weighted by molar-refractivity contribution is -0.126. The number of ketones is 2. The normalized spacial score (nSPS) is 11.1. The van der Waals surface area contributed by atoms with Crippen LogP contribution in [-0.2, 0) is 9.59 Å². The average Bonchev–Trinajstić information content (AvgIpc) is 2.04. The first-order valence-electron chi connectivity index (χ1n) is 3.35. The second-order valence-corrected chi connectivity index (χ2v) is 2.17. The molecule has 0 aromatic rings. The molecular weight excluding hydrogens is 164 g/mol. The minimum absolute atomic E-state index is 0.190. The van der Waals surface area contributed by atoms with E-state index >= 15 is 0 Å². The summed E-state index contributed by atoms with van der Waals surface area (Å²) < 4.78 is 0. The molecule has 0 amide bonds. The summed E-state index contributed by atoms with van der Waals surface area (Å²) in [6, 6.07) is 0. The Morgan fingerprint density at radius 2 is 1.58 bits per heavy atom. The first-order chi connectivity index (χ1) is 5.45. The molecule has 0 saturated carbocycles. The van der Waals surface area contributed by atoms with Crippen LogP contribution in [0.5, 0.6) is 0 Å². The predicted molar refractivity (Wildman–Crippen MR) is 41.5 cm³/mol. The molecule has 5 heteroatoms. The number of hydrogen-bond acceptors (Lipinski definition) is 5. The van der Waals surface area contributed by atoms with Crippen molar-refractivity contribution in [1.29, 1.82) is 0 Å². The molecule has 72 valence electrons. The molecule has 1 unspecified atom stereocenters. The Morgan fingerprint density at radius 3 is 1.58 bits per heavy atom. The molecule has 3 N–H and O–H groups in total. The first kappa shape index (κ1) is 13.8. The van der Waals surface area contributed by atoms with Crippen LogP contribution in [0.4, 0.5) is 0 Å². The number of Topliss-reactive ketones (excluding diaryl/α,β-unsaturated/α-hetero) is 2. The highest BCUT2D eigenvalue weighted by atomic mass is 16.3. The van der Waals surface area contributed by atoms with Crippen molar-refractivity contribution >= 4 is 11.6 Å². The van der Waals surface area contributed by atoms with Gasteiger partial charge in [-0.2, -0.15) is 0 Å². The van der Waals surface area contributed by atoms with Gasteiger partial charge < -0.3 is 15.3 Å². The van der Waals surface area contributed by atoms with Gasteiger partial charge in [0.15, 0.2) is 11.6 Å². The van der Waals surface area contributed by atoms with Gasteiger partial charge in [-0.05, 0) is 13.8 Å². The summed E-state index contributed by atoms with van der Waals surface area (Å²) >= 11 is 0. The lowest BCUT2D eigenvalue weighted by atomic mass is 10.3. The summed E-state index contributed by atoms with van der Waals surface area (Å²) in [5, 5.41) is 24.2. The number of carbonyl (C=O) groups is 2. The molecule has 0 aliphatic rings. The van der Waals surface area contributed by atoms with Crippen LogP contribution < -0.4 is 0 Å². The van der Waals surface area contributed by atoms with E-state index in [0.717, 1.165) is 0 Å². The molecule has 1 atom stereocenters. The third-order valence-corrected chi connectivity index (χ3v) is 0.865. The second-order valence-electron chi connectivity index (χ2n) is 2.17. The van der Waals surface area contributed by atoms with Gasteiger partial charge in [0.1, 0.15) is 12.7 Å². The van der Waals surface area contributed by atoms with E-state index in [1.165, 1.54) is 13.8 Å². The smallest absolute Gasteiger partial charge is 0.160 e. The van der Waals surface area contributed by atoms with Crippen LogP contribution in [0.1, 0.15) is 13.8 Å². The van der Waals surface area contributed by atoms with Crippen LogP contribution >= 0.6 is 0 Å². The number of rotatable bonds is 3. The fraction of sp³-hybridized carbons (Fsp3) is 0.714. The monoisotopic (exact) mass is 178 g/mol. The summed E-state index contributed by atoms with van der Waals surface area (Å²) in [4.78, 5) is 19.5. The van der Waals surface area contributed by atoms with Gasteiger partial charge in [-0.15, -0.1) is 0 Å². The molecule has 0 aromatic heterocycles. The van der Waals surface area contributed by atoms with Crippen LogP contribution in [0.2, 0.25) is 0 Å². The molecule has 0 rings (SSSR count). The molecule has 0 aliphatic carbocycles. The van der Waals surface area contributed by atoms with Crippen molar-refractivity contribution in [3.63, 3.8) is 0 Å². The second kappa shape index (κ2) is 8.32. The highest BCUT2D eigenvalue weighted by Gasteiger charge is 2.04. The third-order valence-electron chi connectivity index (χ3n) is 0.865. The molecular formula is C7H14O5. The molecule has 0 radical (unpaired) electrons. The Labute approximate surface area is 70.6 Å². The van der Waals surface area contributed by atoms with Crippen molar-refractivity contribution in [2.24, 2.45) is 0 Å². The van der Waals surface area contributed by atoms with E-state index < -0.39 is 18.5 Å². The third kappa shape index (κ3) is 12.0. The molecule has 0 fully saturated rings. The van der Waals surface area contributed by atoms with Crippen molar-refractivity contribution < 1.29 is 24.9 Å². The van der Waals surface area contributed by atoms with E-state index in [1.807, 2.05) is 0 Å². The SMILES string of the molecule is CC(=O)C(O)CO.CC(=O)CO. The fourth-order valence-electron chi connectivity index (χ4n) is 0.129. The van der Waals surface area contributed by atoms with E-state index in [1.54, 1.807) is 0 Å². The van der Waals surface area contributed by atoms with Crippen LogP contribution in [0.3, 0.4) is 0 Å². The maximum atomic E-state index is 9.96. The zero-order chi connectivity index (χ0) is 10.1. The van der Waals surface area contributed by atoms with Crippen LogP contribution in [0.25, 0.3) is 0 Å². The highest BCUT2D eigenvalue weighted by molar-refractivity contribution is 5.80. The largest absolute Gasteiger partial charge is 0.393 e. The van der Waals surface area contributed by atoms with Gasteiger partial charge >= 0.3 is 0 Å².